The number of benzene rings is 2. The van der Waals surface area contributed by atoms with Crippen LogP contribution in [0.1, 0.15) is 55.7 Å². The third-order valence-corrected chi connectivity index (χ3v) is 6.77. The molecule has 1 unspecified atom stereocenters. The van der Waals surface area contributed by atoms with E-state index in [1.54, 1.807) is 0 Å². The molecule has 4 rings (SSSR count). The van der Waals surface area contributed by atoms with Gasteiger partial charge in [-0.05, 0) is 74.4 Å². The molecule has 1 atom stereocenters. The highest BCUT2D eigenvalue weighted by atomic mass is 35.5. The maximum Gasteiger partial charge on any atom is 0.242 e. The Morgan fingerprint density at radius 3 is 2.28 bits per heavy atom. The number of hydrogen-bond donors (Lipinski definition) is 1. The summed E-state index contributed by atoms with van der Waals surface area (Å²) in [7, 11) is 0. The van der Waals surface area contributed by atoms with Crippen LogP contribution in [0.3, 0.4) is 0 Å². The molecule has 1 aliphatic heterocycles. The Morgan fingerprint density at radius 2 is 1.62 bits per heavy atom. The molecule has 154 valence electrons. The van der Waals surface area contributed by atoms with Gasteiger partial charge in [0.15, 0.2) is 0 Å². The van der Waals surface area contributed by atoms with Gasteiger partial charge in [0.05, 0.1) is 0 Å². The zero-order valence-corrected chi connectivity index (χ0v) is 17.8. The number of carbonyl (C=O) groups excluding carboxylic acids is 1. The lowest BCUT2D eigenvalue weighted by molar-refractivity contribution is -0.128. The molecule has 29 heavy (non-hydrogen) atoms. The first-order chi connectivity index (χ1) is 14.2. The Balaban J connectivity index is 1.43. The summed E-state index contributed by atoms with van der Waals surface area (Å²) in [6.45, 7) is 1.92. The van der Waals surface area contributed by atoms with Crippen molar-refractivity contribution in [3.8, 4) is 0 Å². The van der Waals surface area contributed by atoms with Crippen LogP contribution in [0.5, 0.6) is 0 Å². The molecule has 2 aliphatic rings. The largest absolute Gasteiger partial charge is 0.352 e. The van der Waals surface area contributed by atoms with Crippen LogP contribution in [0.2, 0.25) is 5.02 Å². The number of halogens is 1. The van der Waals surface area contributed by atoms with E-state index in [2.05, 4.69) is 40.5 Å². The van der Waals surface area contributed by atoms with Gasteiger partial charge in [0.25, 0.3) is 0 Å². The molecule has 2 aromatic rings. The summed E-state index contributed by atoms with van der Waals surface area (Å²) < 4.78 is 0. The second-order valence-electron chi connectivity index (χ2n) is 8.61. The smallest absolute Gasteiger partial charge is 0.242 e. The number of carbonyl (C=O) groups is 1. The monoisotopic (exact) mass is 410 g/mol. The minimum atomic E-state index is -0.217. The van der Waals surface area contributed by atoms with E-state index < -0.39 is 0 Å². The van der Waals surface area contributed by atoms with Crippen molar-refractivity contribution in [3.05, 3.63) is 70.7 Å². The Bertz CT molecular complexity index is 778. The van der Waals surface area contributed by atoms with Crippen molar-refractivity contribution in [3.63, 3.8) is 0 Å². The van der Waals surface area contributed by atoms with E-state index in [0.717, 1.165) is 50.8 Å². The zero-order chi connectivity index (χ0) is 20.1. The molecule has 1 aliphatic carbocycles. The second-order valence-corrected chi connectivity index (χ2v) is 9.05. The summed E-state index contributed by atoms with van der Waals surface area (Å²) >= 11 is 6.10. The molecule has 1 saturated heterocycles. The molecular formula is C25H31ClN2O. The highest BCUT2D eigenvalue weighted by Gasteiger charge is 2.32. The summed E-state index contributed by atoms with van der Waals surface area (Å²) in [6, 6.07) is 18.7. The molecule has 0 radical (unpaired) electrons. The molecule has 2 aromatic carbocycles. The number of nitrogens with one attached hydrogen (secondary N) is 1. The molecule has 1 heterocycles. The van der Waals surface area contributed by atoms with Crippen molar-refractivity contribution in [1.29, 1.82) is 0 Å². The van der Waals surface area contributed by atoms with Gasteiger partial charge in [-0.25, -0.2) is 0 Å². The Morgan fingerprint density at radius 1 is 0.966 bits per heavy atom. The number of amides is 1. The van der Waals surface area contributed by atoms with Gasteiger partial charge in [-0.15, -0.1) is 0 Å². The van der Waals surface area contributed by atoms with E-state index in [9.17, 15) is 4.79 Å². The van der Waals surface area contributed by atoms with Gasteiger partial charge in [-0.1, -0.05) is 66.9 Å². The maximum absolute atomic E-state index is 13.3. The van der Waals surface area contributed by atoms with Crippen molar-refractivity contribution in [2.45, 2.75) is 57.0 Å². The first-order valence-electron chi connectivity index (χ1n) is 11.0. The third-order valence-electron chi connectivity index (χ3n) is 6.52. The maximum atomic E-state index is 13.3. The van der Waals surface area contributed by atoms with E-state index in [4.69, 9.17) is 11.6 Å². The molecule has 0 aromatic heterocycles. The van der Waals surface area contributed by atoms with Crippen molar-refractivity contribution >= 4 is 17.5 Å². The molecule has 4 heteroatoms. The first kappa shape index (κ1) is 20.4. The average Bonchev–Trinajstić information content (AvgIpc) is 3.25. The lowest BCUT2D eigenvalue weighted by atomic mass is 9.89. The molecule has 0 bridgehead atoms. The van der Waals surface area contributed by atoms with Gasteiger partial charge < -0.3 is 5.32 Å². The normalized spacial score (nSPS) is 19.9. The lowest BCUT2D eigenvalue weighted by Crippen LogP contribution is -2.46. The first-order valence-corrected chi connectivity index (χ1v) is 11.4. The molecular weight excluding hydrogens is 380 g/mol. The van der Waals surface area contributed by atoms with Gasteiger partial charge >= 0.3 is 0 Å². The minimum Gasteiger partial charge on any atom is -0.352 e. The molecule has 0 spiro atoms. The molecule has 1 saturated carbocycles. The van der Waals surface area contributed by atoms with Crippen LogP contribution >= 0.6 is 11.6 Å². The van der Waals surface area contributed by atoms with Crippen LogP contribution in [0.15, 0.2) is 54.6 Å². The summed E-state index contributed by atoms with van der Waals surface area (Å²) in [5.41, 5.74) is 2.46. The summed E-state index contributed by atoms with van der Waals surface area (Å²) in [4.78, 5) is 15.6. The lowest BCUT2D eigenvalue weighted by Gasteiger charge is -2.37. The second kappa shape index (κ2) is 9.77. The van der Waals surface area contributed by atoms with Gasteiger partial charge in [0.2, 0.25) is 5.91 Å². The number of piperidine rings is 1. The molecule has 1 amide bonds. The van der Waals surface area contributed by atoms with Crippen molar-refractivity contribution in [2.24, 2.45) is 5.92 Å². The summed E-state index contributed by atoms with van der Waals surface area (Å²) in [5, 5.41) is 4.04. The fraction of sp³-hybridized carbons (Fsp3) is 0.480. The molecule has 1 N–H and O–H groups in total. The van der Waals surface area contributed by atoms with Gasteiger partial charge in [0, 0.05) is 11.1 Å². The van der Waals surface area contributed by atoms with E-state index in [1.807, 2.05) is 24.3 Å². The average molecular weight is 411 g/mol. The number of rotatable bonds is 6. The van der Waals surface area contributed by atoms with E-state index in [-0.39, 0.29) is 11.9 Å². The van der Waals surface area contributed by atoms with E-state index in [0.29, 0.717) is 17.0 Å². The SMILES string of the molecule is O=C(NC1CCCC1)C(c1ccc(Cl)cc1)N1CCC(Cc2ccccc2)CC1. The van der Waals surface area contributed by atoms with Gasteiger partial charge in [-0.3, -0.25) is 9.69 Å². The van der Waals surface area contributed by atoms with Crippen molar-refractivity contribution in [2.75, 3.05) is 13.1 Å². The summed E-state index contributed by atoms with van der Waals surface area (Å²) in [6.07, 6.45) is 8.07. The Labute approximate surface area is 179 Å². The van der Waals surface area contributed by atoms with Crippen LogP contribution in [0, 0.1) is 5.92 Å². The Hall–Kier alpha value is -1.84. The van der Waals surface area contributed by atoms with Gasteiger partial charge in [-0.2, -0.15) is 0 Å². The predicted octanol–water partition coefficient (Wildman–Crippen LogP) is 5.39. The third kappa shape index (κ3) is 5.40. The summed E-state index contributed by atoms with van der Waals surface area (Å²) in [5.74, 6) is 0.846. The van der Waals surface area contributed by atoms with Crippen molar-refractivity contribution < 1.29 is 4.79 Å². The number of nitrogens with zero attached hydrogens (tertiary/aromatic N) is 1. The zero-order valence-electron chi connectivity index (χ0n) is 17.0. The quantitative estimate of drug-likeness (QED) is 0.691. The van der Waals surface area contributed by atoms with Crippen LogP contribution < -0.4 is 5.32 Å². The minimum absolute atomic E-state index is 0.153. The van der Waals surface area contributed by atoms with Crippen LogP contribution in [0.25, 0.3) is 0 Å². The fourth-order valence-electron chi connectivity index (χ4n) is 4.89. The molecule has 2 fully saturated rings. The van der Waals surface area contributed by atoms with Crippen molar-refractivity contribution in [1.82, 2.24) is 10.2 Å². The van der Waals surface area contributed by atoms with Crippen LogP contribution in [0.4, 0.5) is 0 Å². The predicted molar refractivity (Wildman–Crippen MR) is 119 cm³/mol. The van der Waals surface area contributed by atoms with E-state index >= 15 is 0 Å². The molecule has 3 nitrogen and oxygen atoms in total. The highest BCUT2D eigenvalue weighted by Crippen LogP contribution is 2.30. The van der Waals surface area contributed by atoms with Gasteiger partial charge in [0.1, 0.15) is 6.04 Å². The van der Waals surface area contributed by atoms with E-state index in [1.165, 1.54) is 18.4 Å². The van der Waals surface area contributed by atoms with Crippen LogP contribution in [-0.2, 0) is 11.2 Å². The highest BCUT2D eigenvalue weighted by molar-refractivity contribution is 6.30. The number of hydrogen-bond acceptors (Lipinski definition) is 2. The standard InChI is InChI=1S/C25H31ClN2O/c26-22-12-10-21(11-13-22)24(25(29)27-23-8-4-5-9-23)28-16-14-20(15-17-28)18-19-6-2-1-3-7-19/h1-3,6-7,10-13,20,23-24H,4-5,8-9,14-18H2,(H,27,29). The topological polar surface area (TPSA) is 32.3 Å². The fourth-order valence-corrected chi connectivity index (χ4v) is 5.01. The number of likely N-dealkylation sites (tertiary alicyclic amines) is 1. The Kier molecular flexibility index (Phi) is 6.89. The van der Waals surface area contributed by atoms with Crippen LogP contribution in [-0.4, -0.2) is 29.9 Å².